The largest absolute Gasteiger partial charge is 0.444 e. The molecule has 30 heavy (non-hydrogen) atoms. The minimum Gasteiger partial charge on any atom is -0.444 e. The second-order valence-corrected chi connectivity index (χ2v) is 9.83. The summed E-state index contributed by atoms with van der Waals surface area (Å²) in [6.07, 6.45) is 0.296. The van der Waals surface area contributed by atoms with E-state index in [4.69, 9.17) is 4.74 Å². The molecule has 1 aliphatic heterocycles. The summed E-state index contributed by atoms with van der Waals surface area (Å²) >= 11 is 0. The third-order valence-electron chi connectivity index (χ3n) is 4.34. The molecule has 1 aromatic rings. The monoisotopic (exact) mass is 418 g/mol. The van der Waals surface area contributed by atoms with Crippen LogP contribution in [0.5, 0.6) is 0 Å². The molecule has 1 atom stereocenters. The Balaban J connectivity index is 1.88. The number of nitrogens with one attached hydrogen (secondary N) is 3. The lowest BCUT2D eigenvalue weighted by molar-refractivity contribution is 0.0290. The standard InChI is InChI=1S/C22H34N4O4/c1-21(2,3)14-23-19(28)25-16-9-7-8-15(12-16)18(27)24-17-10-11-26(13-17)20(29)30-22(4,5)6/h7-9,12,17H,10-11,13-14H2,1-6H3,(H,24,27)(H2,23,25,28)/t17-/m0/s1. The van der Waals surface area contributed by atoms with Gasteiger partial charge in [0, 0.05) is 36.9 Å². The van der Waals surface area contributed by atoms with Gasteiger partial charge in [0.05, 0.1) is 0 Å². The minimum atomic E-state index is -0.551. The first-order chi connectivity index (χ1) is 13.8. The number of urea groups is 1. The predicted octanol–water partition coefficient (Wildman–Crippen LogP) is 3.59. The van der Waals surface area contributed by atoms with Crippen LogP contribution in [0.3, 0.4) is 0 Å². The summed E-state index contributed by atoms with van der Waals surface area (Å²) in [6, 6.07) is 6.31. The number of ether oxygens (including phenoxy) is 1. The molecule has 4 amide bonds. The van der Waals surface area contributed by atoms with Crippen LogP contribution in [-0.4, -0.2) is 54.2 Å². The SMILES string of the molecule is CC(C)(C)CNC(=O)Nc1cccc(C(=O)N[C@H]2CCN(C(=O)OC(C)(C)C)C2)c1. The van der Waals surface area contributed by atoms with Crippen molar-refractivity contribution < 1.29 is 19.1 Å². The van der Waals surface area contributed by atoms with E-state index >= 15 is 0 Å². The number of anilines is 1. The van der Waals surface area contributed by atoms with Crippen LogP contribution >= 0.6 is 0 Å². The van der Waals surface area contributed by atoms with Crippen molar-refractivity contribution >= 4 is 23.7 Å². The maximum absolute atomic E-state index is 12.6. The van der Waals surface area contributed by atoms with Crippen molar-refractivity contribution in [2.45, 2.75) is 59.6 Å². The molecule has 0 spiro atoms. The fourth-order valence-electron chi connectivity index (χ4n) is 2.90. The Kier molecular flexibility index (Phi) is 7.34. The van der Waals surface area contributed by atoms with Crippen LogP contribution in [0.1, 0.15) is 58.3 Å². The Morgan fingerprint density at radius 2 is 1.83 bits per heavy atom. The second kappa shape index (κ2) is 9.36. The Labute approximate surface area is 178 Å². The molecule has 0 radical (unpaired) electrons. The number of carbonyl (C=O) groups excluding carboxylic acids is 3. The van der Waals surface area contributed by atoms with Gasteiger partial charge in [0.25, 0.3) is 5.91 Å². The Morgan fingerprint density at radius 3 is 2.47 bits per heavy atom. The smallest absolute Gasteiger partial charge is 0.410 e. The van der Waals surface area contributed by atoms with Gasteiger partial charge in [-0.2, -0.15) is 0 Å². The fraction of sp³-hybridized carbons (Fsp3) is 0.591. The van der Waals surface area contributed by atoms with Gasteiger partial charge in [-0.25, -0.2) is 9.59 Å². The van der Waals surface area contributed by atoms with Gasteiger partial charge >= 0.3 is 12.1 Å². The number of likely N-dealkylation sites (tertiary alicyclic amines) is 1. The minimum absolute atomic E-state index is 0.0203. The number of nitrogens with zero attached hydrogens (tertiary/aromatic N) is 1. The van der Waals surface area contributed by atoms with Crippen molar-refractivity contribution in [2.75, 3.05) is 25.0 Å². The summed E-state index contributed by atoms with van der Waals surface area (Å²) in [5, 5.41) is 8.51. The van der Waals surface area contributed by atoms with Crippen molar-refractivity contribution in [2.24, 2.45) is 5.41 Å². The summed E-state index contributed by atoms with van der Waals surface area (Å²) in [5.41, 5.74) is 0.411. The van der Waals surface area contributed by atoms with Crippen molar-refractivity contribution in [1.29, 1.82) is 0 Å². The van der Waals surface area contributed by atoms with E-state index < -0.39 is 5.60 Å². The van der Waals surface area contributed by atoms with Crippen LogP contribution in [0.2, 0.25) is 0 Å². The maximum atomic E-state index is 12.6. The Hall–Kier alpha value is -2.77. The average Bonchev–Trinajstić information content (AvgIpc) is 3.07. The van der Waals surface area contributed by atoms with Gasteiger partial charge in [-0.15, -0.1) is 0 Å². The highest BCUT2D eigenvalue weighted by atomic mass is 16.6. The lowest BCUT2D eigenvalue weighted by Gasteiger charge is -2.24. The van der Waals surface area contributed by atoms with Crippen LogP contribution in [0, 0.1) is 5.41 Å². The van der Waals surface area contributed by atoms with Gasteiger partial charge in [0.2, 0.25) is 0 Å². The van der Waals surface area contributed by atoms with E-state index in [2.05, 4.69) is 16.0 Å². The normalized spacial score (nSPS) is 16.7. The molecule has 1 saturated heterocycles. The molecular formula is C22H34N4O4. The summed E-state index contributed by atoms with van der Waals surface area (Å²) in [4.78, 5) is 38.4. The van der Waals surface area contributed by atoms with E-state index in [9.17, 15) is 14.4 Å². The molecule has 8 heteroatoms. The third-order valence-corrected chi connectivity index (χ3v) is 4.34. The van der Waals surface area contributed by atoms with Crippen molar-refractivity contribution in [3.63, 3.8) is 0 Å². The van der Waals surface area contributed by atoms with Crippen LogP contribution in [0.25, 0.3) is 0 Å². The summed E-state index contributed by atoms with van der Waals surface area (Å²) in [6.45, 7) is 13.1. The number of amides is 4. The highest BCUT2D eigenvalue weighted by Crippen LogP contribution is 2.17. The zero-order valence-electron chi connectivity index (χ0n) is 18.8. The van der Waals surface area contributed by atoms with Crippen LogP contribution in [0.4, 0.5) is 15.3 Å². The topological polar surface area (TPSA) is 99.8 Å². The van der Waals surface area contributed by atoms with Crippen molar-refractivity contribution in [1.82, 2.24) is 15.5 Å². The van der Waals surface area contributed by atoms with Gasteiger partial charge in [0.15, 0.2) is 0 Å². The average molecular weight is 419 g/mol. The molecule has 0 aliphatic carbocycles. The van der Waals surface area contributed by atoms with E-state index in [1.807, 2.05) is 41.5 Å². The molecule has 0 aromatic heterocycles. The maximum Gasteiger partial charge on any atom is 0.410 e. The van der Waals surface area contributed by atoms with Crippen molar-refractivity contribution in [3.05, 3.63) is 29.8 Å². The molecule has 1 aliphatic rings. The van der Waals surface area contributed by atoms with E-state index in [0.717, 1.165) is 0 Å². The predicted molar refractivity (Wildman–Crippen MR) is 117 cm³/mol. The third kappa shape index (κ3) is 7.93. The Morgan fingerprint density at radius 1 is 1.13 bits per heavy atom. The summed E-state index contributed by atoms with van der Waals surface area (Å²) in [5.74, 6) is -0.246. The summed E-state index contributed by atoms with van der Waals surface area (Å²) < 4.78 is 5.38. The molecule has 166 valence electrons. The molecular weight excluding hydrogens is 384 g/mol. The van der Waals surface area contributed by atoms with Gasteiger partial charge in [0.1, 0.15) is 5.60 Å². The van der Waals surface area contributed by atoms with Crippen LogP contribution in [0.15, 0.2) is 24.3 Å². The van der Waals surface area contributed by atoms with Gasteiger partial charge in [-0.3, -0.25) is 4.79 Å². The number of carbonyl (C=O) groups is 3. The quantitative estimate of drug-likeness (QED) is 0.696. The van der Waals surface area contributed by atoms with Gasteiger partial charge in [-0.1, -0.05) is 26.8 Å². The first-order valence-electron chi connectivity index (χ1n) is 10.3. The number of hydrogen-bond acceptors (Lipinski definition) is 4. The molecule has 3 N–H and O–H groups in total. The number of benzene rings is 1. The van der Waals surface area contributed by atoms with Gasteiger partial charge in [-0.05, 0) is 50.8 Å². The van der Waals surface area contributed by atoms with E-state index in [0.29, 0.717) is 37.3 Å². The van der Waals surface area contributed by atoms with Crippen LogP contribution < -0.4 is 16.0 Å². The van der Waals surface area contributed by atoms with E-state index in [1.165, 1.54) is 0 Å². The second-order valence-electron chi connectivity index (χ2n) is 9.83. The zero-order valence-corrected chi connectivity index (χ0v) is 18.8. The van der Waals surface area contributed by atoms with Crippen molar-refractivity contribution in [3.8, 4) is 0 Å². The zero-order chi connectivity index (χ0) is 22.5. The van der Waals surface area contributed by atoms with Gasteiger partial charge < -0.3 is 25.6 Å². The van der Waals surface area contributed by atoms with E-state index in [-0.39, 0.29) is 29.5 Å². The first-order valence-corrected chi connectivity index (χ1v) is 10.3. The lowest BCUT2D eigenvalue weighted by atomic mass is 9.97. The molecule has 0 saturated carbocycles. The van der Waals surface area contributed by atoms with Crippen LogP contribution in [-0.2, 0) is 4.74 Å². The first kappa shape index (κ1) is 23.5. The fourth-order valence-corrected chi connectivity index (χ4v) is 2.90. The highest BCUT2D eigenvalue weighted by molar-refractivity contribution is 5.97. The molecule has 0 unspecified atom stereocenters. The number of hydrogen-bond donors (Lipinski definition) is 3. The lowest BCUT2D eigenvalue weighted by Crippen LogP contribution is -2.40. The Bertz CT molecular complexity index is 780. The molecule has 1 fully saturated rings. The highest BCUT2D eigenvalue weighted by Gasteiger charge is 2.30. The summed E-state index contributed by atoms with van der Waals surface area (Å²) in [7, 11) is 0. The molecule has 2 rings (SSSR count). The van der Waals surface area contributed by atoms with E-state index in [1.54, 1.807) is 29.2 Å². The molecule has 0 bridgehead atoms. The number of rotatable bonds is 4. The molecule has 1 heterocycles. The molecule has 8 nitrogen and oxygen atoms in total. The molecule has 1 aromatic carbocycles.